The molecular formula is C18H15Cl2N3O2. The van der Waals surface area contributed by atoms with Crippen LogP contribution in [-0.2, 0) is 17.8 Å². The largest absolute Gasteiger partial charge is 0.441 e. The molecule has 0 fully saturated rings. The highest BCUT2D eigenvalue weighted by Gasteiger charge is 2.12. The minimum atomic E-state index is -0.0880. The lowest BCUT2D eigenvalue weighted by Crippen LogP contribution is -2.23. The Bertz CT molecular complexity index is 866. The zero-order valence-electron chi connectivity index (χ0n) is 13.2. The molecule has 128 valence electrons. The normalized spacial score (nSPS) is 10.6. The molecule has 1 N–H and O–H groups in total. The van der Waals surface area contributed by atoms with Crippen LogP contribution in [0.15, 0.2) is 53.2 Å². The number of benzene rings is 1. The summed E-state index contributed by atoms with van der Waals surface area (Å²) in [6.45, 7) is 0.400. The second kappa shape index (κ2) is 8.14. The highest BCUT2D eigenvalue weighted by atomic mass is 35.5. The first-order valence-electron chi connectivity index (χ1n) is 7.68. The van der Waals surface area contributed by atoms with E-state index in [2.05, 4.69) is 15.3 Å². The Kier molecular flexibility index (Phi) is 5.68. The number of carbonyl (C=O) groups is 1. The molecule has 0 radical (unpaired) electrons. The van der Waals surface area contributed by atoms with Crippen LogP contribution in [0.4, 0.5) is 0 Å². The van der Waals surface area contributed by atoms with E-state index in [1.807, 2.05) is 18.2 Å². The first kappa shape index (κ1) is 17.5. The van der Waals surface area contributed by atoms with Crippen LogP contribution in [-0.4, -0.2) is 15.9 Å². The molecule has 1 aromatic carbocycles. The van der Waals surface area contributed by atoms with E-state index in [4.69, 9.17) is 27.6 Å². The molecule has 1 amide bonds. The summed E-state index contributed by atoms with van der Waals surface area (Å²) in [6.07, 6.45) is 3.97. The molecule has 2 heterocycles. The Morgan fingerprint density at radius 1 is 1.16 bits per heavy atom. The van der Waals surface area contributed by atoms with Crippen LogP contribution in [0, 0.1) is 0 Å². The zero-order chi connectivity index (χ0) is 17.6. The first-order valence-corrected chi connectivity index (χ1v) is 8.44. The quantitative estimate of drug-likeness (QED) is 0.697. The Hall–Kier alpha value is -2.37. The molecule has 0 saturated carbocycles. The maximum Gasteiger partial charge on any atom is 0.220 e. The van der Waals surface area contributed by atoms with Crippen molar-refractivity contribution in [1.82, 2.24) is 15.3 Å². The van der Waals surface area contributed by atoms with Crippen LogP contribution in [0.25, 0.3) is 11.3 Å². The highest BCUT2D eigenvalue weighted by Crippen LogP contribution is 2.30. The Morgan fingerprint density at radius 2 is 2.04 bits per heavy atom. The maximum absolute atomic E-state index is 11.9. The average Bonchev–Trinajstić information content (AvgIpc) is 3.08. The van der Waals surface area contributed by atoms with E-state index in [-0.39, 0.29) is 12.3 Å². The lowest BCUT2D eigenvalue weighted by Gasteiger charge is -2.03. The second-order valence-corrected chi connectivity index (χ2v) is 6.18. The number of hydrogen-bond acceptors (Lipinski definition) is 4. The van der Waals surface area contributed by atoms with Gasteiger partial charge in [-0.05, 0) is 30.3 Å². The minimum absolute atomic E-state index is 0.0880. The molecule has 0 atom stereocenters. The molecule has 3 rings (SSSR count). The highest BCUT2D eigenvalue weighted by molar-refractivity contribution is 6.36. The summed E-state index contributed by atoms with van der Waals surface area (Å²) in [5.74, 6) is 0.939. The van der Waals surface area contributed by atoms with Crippen LogP contribution in [0.3, 0.4) is 0 Å². The third-order valence-electron chi connectivity index (χ3n) is 3.51. The summed E-state index contributed by atoms with van der Waals surface area (Å²) in [5, 5.41) is 3.86. The van der Waals surface area contributed by atoms with Gasteiger partial charge in [0.15, 0.2) is 11.7 Å². The van der Waals surface area contributed by atoms with Crippen LogP contribution in [0.5, 0.6) is 0 Å². The number of halogens is 2. The zero-order valence-corrected chi connectivity index (χ0v) is 14.7. The number of amides is 1. The van der Waals surface area contributed by atoms with Crippen molar-refractivity contribution in [3.05, 3.63) is 70.4 Å². The van der Waals surface area contributed by atoms with Gasteiger partial charge in [-0.25, -0.2) is 4.98 Å². The predicted octanol–water partition coefficient (Wildman–Crippen LogP) is 4.29. The van der Waals surface area contributed by atoms with Crippen LogP contribution >= 0.6 is 23.2 Å². The molecule has 5 nitrogen and oxygen atoms in total. The van der Waals surface area contributed by atoms with Gasteiger partial charge in [0.2, 0.25) is 5.91 Å². The standard InChI is InChI=1S/C18H15Cl2N3O2/c19-12-4-5-14(15(20)9-12)16-11-23-18(25-16)7-6-17(24)22-10-13-3-1-2-8-21-13/h1-5,8-9,11H,6-7,10H2,(H,22,24). The number of oxazole rings is 1. The van der Waals surface area contributed by atoms with Crippen molar-refractivity contribution in [3.63, 3.8) is 0 Å². The molecule has 7 heteroatoms. The molecule has 0 aliphatic heterocycles. The number of rotatable bonds is 6. The summed E-state index contributed by atoms with van der Waals surface area (Å²) in [6, 6.07) is 10.7. The van der Waals surface area contributed by atoms with Gasteiger partial charge in [-0.3, -0.25) is 9.78 Å². The van der Waals surface area contributed by atoms with Crippen molar-refractivity contribution in [2.24, 2.45) is 0 Å². The Labute approximate surface area is 155 Å². The minimum Gasteiger partial charge on any atom is -0.441 e. The smallest absolute Gasteiger partial charge is 0.220 e. The van der Waals surface area contributed by atoms with E-state index < -0.39 is 0 Å². The molecule has 0 aliphatic carbocycles. The van der Waals surface area contributed by atoms with Gasteiger partial charge in [-0.15, -0.1) is 0 Å². The van der Waals surface area contributed by atoms with Gasteiger partial charge in [0.25, 0.3) is 0 Å². The van der Waals surface area contributed by atoms with E-state index in [1.54, 1.807) is 30.6 Å². The molecule has 2 aromatic heterocycles. The van der Waals surface area contributed by atoms with E-state index in [0.717, 1.165) is 5.69 Å². The number of carbonyl (C=O) groups excluding carboxylic acids is 1. The van der Waals surface area contributed by atoms with E-state index in [0.29, 0.717) is 40.2 Å². The van der Waals surface area contributed by atoms with Gasteiger partial charge < -0.3 is 9.73 Å². The summed E-state index contributed by atoms with van der Waals surface area (Å²) >= 11 is 12.0. The summed E-state index contributed by atoms with van der Waals surface area (Å²) in [4.78, 5) is 20.3. The van der Waals surface area contributed by atoms with Gasteiger partial charge in [-0.1, -0.05) is 29.3 Å². The first-order chi connectivity index (χ1) is 12.1. The topological polar surface area (TPSA) is 68.0 Å². The Morgan fingerprint density at radius 3 is 2.80 bits per heavy atom. The lowest BCUT2D eigenvalue weighted by atomic mass is 10.2. The second-order valence-electron chi connectivity index (χ2n) is 5.34. The maximum atomic E-state index is 11.9. The number of nitrogens with one attached hydrogen (secondary N) is 1. The molecule has 25 heavy (non-hydrogen) atoms. The van der Waals surface area contributed by atoms with Gasteiger partial charge in [0.1, 0.15) is 0 Å². The molecular weight excluding hydrogens is 361 g/mol. The summed E-state index contributed by atoms with van der Waals surface area (Å²) < 4.78 is 5.67. The van der Waals surface area contributed by atoms with Gasteiger partial charge >= 0.3 is 0 Å². The van der Waals surface area contributed by atoms with Crippen LogP contribution in [0.2, 0.25) is 10.0 Å². The third-order valence-corrected chi connectivity index (χ3v) is 4.06. The van der Waals surface area contributed by atoms with E-state index in [9.17, 15) is 4.79 Å². The van der Waals surface area contributed by atoms with Crippen molar-refractivity contribution < 1.29 is 9.21 Å². The molecule has 0 saturated heterocycles. The molecule has 0 unspecified atom stereocenters. The van der Waals surface area contributed by atoms with Gasteiger partial charge in [0.05, 0.1) is 23.5 Å². The summed E-state index contributed by atoms with van der Waals surface area (Å²) in [5.41, 5.74) is 1.52. The number of pyridine rings is 1. The number of aromatic nitrogens is 2. The lowest BCUT2D eigenvalue weighted by molar-refractivity contribution is -0.121. The fourth-order valence-electron chi connectivity index (χ4n) is 2.24. The molecule has 3 aromatic rings. The SMILES string of the molecule is O=C(CCc1ncc(-c2ccc(Cl)cc2Cl)o1)NCc1ccccn1. The average molecular weight is 376 g/mol. The van der Waals surface area contributed by atoms with Gasteiger partial charge in [0, 0.05) is 29.6 Å². The van der Waals surface area contributed by atoms with Gasteiger partial charge in [-0.2, -0.15) is 0 Å². The monoisotopic (exact) mass is 375 g/mol. The van der Waals surface area contributed by atoms with Crippen molar-refractivity contribution in [2.45, 2.75) is 19.4 Å². The molecule has 0 spiro atoms. The van der Waals surface area contributed by atoms with Crippen LogP contribution in [0.1, 0.15) is 18.0 Å². The van der Waals surface area contributed by atoms with E-state index in [1.165, 1.54) is 0 Å². The fraction of sp³-hybridized carbons (Fsp3) is 0.167. The van der Waals surface area contributed by atoms with Crippen molar-refractivity contribution in [2.75, 3.05) is 0 Å². The Balaban J connectivity index is 1.54. The number of hydrogen-bond donors (Lipinski definition) is 1. The summed E-state index contributed by atoms with van der Waals surface area (Å²) in [7, 11) is 0. The number of nitrogens with zero attached hydrogens (tertiary/aromatic N) is 2. The predicted molar refractivity (Wildman–Crippen MR) is 96.4 cm³/mol. The van der Waals surface area contributed by atoms with Crippen molar-refractivity contribution >= 4 is 29.1 Å². The van der Waals surface area contributed by atoms with Crippen molar-refractivity contribution in [1.29, 1.82) is 0 Å². The van der Waals surface area contributed by atoms with Crippen molar-refractivity contribution in [3.8, 4) is 11.3 Å². The molecule has 0 aliphatic rings. The number of aryl methyl sites for hydroxylation is 1. The fourth-order valence-corrected chi connectivity index (χ4v) is 2.74. The molecule has 0 bridgehead atoms. The third kappa shape index (κ3) is 4.81. The van der Waals surface area contributed by atoms with Crippen LogP contribution < -0.4 is 5.32 Å². The van der Waals surface area contributed by atoms with E-state index >= 15 is 0 Å².